The molecule has 0 atom stereocenters. The lowest BCUT2D eigenvalue weighted by atomic mass is 9.82. The summed E-state index contributed by atoms with van der Waals surface area (Å²) in [5, 5.41) is 7.96. The molecule has 1 aliphatic rings. The Bertz CT molecular complexity index is 1090. The van der Waals surface area contributed by atoms with Gasteiger partial charge in [-0.25, -0.2) is 9.97 Å². The molecule has 0 saturated heterocycles. The fourth-order valence-electron chi connectivity index (χ4n) is 3.91. The van der Waals surface area contributed by atoms with Gasteiger partial charge >= 0.3 is 0 Å². The third-order valence-electron chi connectivity index (χ3n) is 5.55. The molecule has 0 radical (unpaired) electrons. The van der Waals surface area contributed by atoms with E-state index in [1.807, 2.05) is 50.9 Å². The van der Waals surface area contributed by atoms with Crippen LogP contribution in [-0.2, 0) is 7.05 Å². The third kappa shape index (κ3) is 4.17. The number of aliphatic imine (C=N–C) groups is 1. The quantitative estimate of drug-likeness (QED) is 0.600. The first-order valence-electron chi connectivity index (χ1n) is 10.4. The smallest absolute Gasteiger partial charge is 0.161 e. The maximum absolute atomic E-state index is 4.94. The molecule has 154 valence electrons. The van der Waals surface area contributed by atoms with Gasteiger partial charge in [0.05, 0.1) is 6.20 Å². The topological polar surface area (TPSA) is 68.0 Å². The van der Waals surface area contributed by atoms with E-state index in [0.29, 0.717) is 11.9 Å². The summed E-state index contributed by atoms with van der Waals surface area (Å²) in [6, 6.07) is 8.75. The average Bonchev–Trinajstić information content (AvgIpc) is 3.17. The van der Waals surface area contributed by atoms with E-state index in [4.69, 9.17) is 9.97 Å². The Labute approximate surface area is 177 Å². The van der Waals surface area contributed by atoms with Gasteiger partial charge in [0.1, 0.15) is 5.82 Å². The van der Waals surface area contributed by atoms with Gasteiger partial charge in [0.25, 0.3) is 0 Å². The summed E-state index contributed by atoms with van der Waals surface area (Å²) in [4.78, 5) is 13.8. The van der Waals surface area contributed by atoms with E-state index in [1.165, 1.54) is 12.8 Å². The molecule has 0 amide bonds. The number of benzene rings is 1. The van der Waals surface area contributed by atoms with Crippen LogP contribution in [0.5, 0.6) is 0 Å². The summed E-state index contributed by atoms with van der Waals surface area (Å²) in [6.45, 7) is 4.31. The standard InChI is InChI=1S/C24H28N6/c1-5-17(12-25-3)18-7-6-8-19(11-18)23-26-14-22(20-13-27-30(4)15-20)24(29-23)28-21-9-16(2)10-21/h5-8,11-16,21H,9-10H2,1-4H3,(H,26,28,29)/b17-5+,25-12-. The summed E-state index contributed by atoms with van der Waals surface area (Å²) in [6.07, 6.45) is 12.0. The number of nitrogens with one attached hydrogen (secondary N) is 1. The number of hydrogen-bond acceptors (Lipinski definition) is 5. The fourth-order valence-corrected chi connectivity index (χ4v) is 3.91. The Kier molecular flexibility index (Phi) is 5.74. The van der Waals surface area contributed by atoms with Crippen molar-refractivity contribution in [1.29, 1.82) is 0 Å². The molecule has 3 aromatic rings. The molecule has 6 heteroatoms. The predicted molar refractivity (Wildman–Crippen MR) is 124 cm³/mol. The number of allylic oxidation sites excluding steroid dienone is 2. The lowest BCUT2D eigenvalue weighted by molar-refractivity contribution is 0.308. The first-order chi connectivity index (χ1) is 14.6. The van der Waals surface area contributed by atoms with Crippen molar-refractivity contribution in [3.63, 3.8) is 0 Å². The molecular weight excluding hydrogens is 372 g/mol. The van der Waals surface area contributed by atoms with Gasteiger partial charge in [-0.05, 0) is 42.9 Å². The molecule has 0 unspecified atom stereocenters. The van der Waals surface area contributed by atoms with Crippen LogP contribution in [-0.4, -0.2) is 39.1 Å². The van der Waals surface area contributed by atoms with Gasteiger partial charge in [-0.2, -0.15) is 5.10 Å². The zero-order valence-electron chi connectivity index (χ0n) is 18.0. The van der Waals surface area contributed by atoms with E-state index >= 15 is 0 Å². The molecule has 0 aliphatic heterocycles. The maximum Gasteiger partial charge on any atom is 0.161 e. The average molecular weight is 401 g/mol. The second kappa shape index (κ2) is 8.61. The maximum atomic E-state index is 4.94. The summed E-state index contributed by atoms with van der Waals surface area (Å²) in [5.74, 6) is 2.35. The van der Waals surface area contributed by atoms with E-state index in [-0.39, 0.29) is 0 Å². The van der Waals surface area contributed by atoms with Crippen LogP contribution in [0.15, 0.2) is 53.9 Å². The summed E-state index contributed by atoms with van der Waals surface area (Å²) in [7, 11) is 3.70. The van der Waals surface area contributed by atoms with Crippen LogP contribution in [0, 0.1) is 5.92 Å². The highest BCUT2D eigenvalue weighted by atomic mass is 15.2. The van der Waals surface area contributed by atoms with Gasteiger partial charge in [0, 0.05) is 55.4 Å². The molecule has 2 aromatic heterocycles. The summed E-state index contributed by atoms with van der Waals surface area (Å²) in [5.41, 5.74) is 5.16. The molecule has 1 N–H and O–H groups in total. The van der Waals surface area contributed by atoms with Gasteiger partial charge in [-0.15, -0.1) is 0 Å². The highest BCUT2D eigenvalue weighted by molar-refractivity contribution is 6.09. The van der Waals surface area contributed by atoms with Crippen molar-refractivity contribution in [3.8, 4) is 22.5 Å². The Hall–Kier alpha value is -3.28. The van der Waals surface area contributed by atoms with Crippen LogP contribution in [0.4, 0.5) is 5.82 Å². The molecule has 4 rings (SSSR count). The van der Waals surface area contributed by atoms with Crippen molar-refractivity contribution in [2.24, 2.45) is 18.0 Å². The van der Waals surface area contributed by atoms with Gasteiger partial charge in [0.2, 0.25) is 0 Å². The lowest BCUT2D eigenvalue weighted by Crippen LogP contribution is -2.34. The normalized spacial score (nSPS) is 19.1. The zero-order chi connectivity index (χ0) is 21.1. The molecule has 1 fully saturated rings. The van der Waals surface area contributed by atoms with E-state index in [9.17, 15) is 0 Å². The van der Waals surface area contributed by atoms with Crippen LogP contribution in [0.1, 0.15) is 32.3 Å². The third-order valence-corrected chi connectivity index (χ3v) is 5.55. The summed E-state index contributed by atoms with van der Waals surface area (Å²) < 4.78 is 1.80. The second-order valence-electron chi connectivity index (χ2n) is 7.99. The zero-order valence-corrected chi connectivity index (χ0v) is 18.0. The van der Waals surface area contributed by atoms with Crippen molar-refractivity contribution in [2.75, 3.05) is 12.4 Å². The number of rotatable bonds is 6. The Morgan fingerprint density at radius 1 is 1.23 bits per heavy atom. The molecule has 0 bridgehead atoms. The summed E-state index contributed by atoms with van der Waals surface area (Å²) >= 11 is 0. The van der Waals surface area contributed by atoms with Gasteiger partial charge < -0.3 is 5.32 Å². The highest BCUT2D eigenvalue weighted by Gasteiger charge is 2.26. The Morgan fingerprint density at radius 2 is 2.07 bits per heavy atom. The fraction of sp³-hybridized carbons (Fsp3) is 0.333. The van der Waals surface area contributed by atoms with Crippen LogP contribution < -0.4 is 5.32 Å². The number of anilines is 1. The van der Waals surface area contributed by atoms with Crippen LogP contribution in [0.25, 0.3) is 28.1 Å². The van der Waals surface area contributed by atoms with Gasteiger partial charge in [-0.1, -0.05) is 31.2 Å². The van der Waals surface area contributed by atoms with Gasteiger partial charge in [0.15, 0.2) is 5.82 Å². The van der Waals surface area contributed by atoms with E-state index < -0.39 is 0 Å². The van der Waals surface area contributed by atoms with Crippen LogP contribution in [0.2, 0.25) is 0 Å². The highest BCUT2D eigenvalue weighted by Crippen LogP contribution is 2.34. The van der Waals surface area contributed by atoms with Crippen molar-refractivity contribution in [2.45, 2.75) is 32.7 Å². The van der Waals surface area contributed by atoms with Crippen LogP contribution in [0.3, 0.4) is 0 Å². The molecule has 1 saturated carbocycles. The molecule has 1 aromatic carbocycles. The molecule has 0 spiro atoms. The minimum atomic E-state index is 0.458. The van der Waals surface area contributed by atoms with Crippen molar-refractivity contribution < 1.29 is 0 Å². The molecule has 6 nitrogen and oxygen atoms in total. The number of aryl methyl sites for hydroxylation is 1. The Morgan fingerprint density at radius 3 is 2.73 bits per heavy atom. The van der Waals surface area contributed by atoms with Crippen LogP contribution >= 0.6 is 0 Å². The lowest BCUT2D eigenvalue weighted by Gasteiger charge is -2.34. The second-order valence-corrected chi connectivity index (χ2v) is 7.99. The molecular formula is C24H28N6. The van der Waals surface area contributed by atoms with Crippen molar-refractivity contribution >= 4 is 17.6 Å². The number of nitrogens with zero attached hydrogens (tertiary/aromatic N) is 5. The molecule has 1 aliphatic carbocycles. The SMILES string of the molecule is C/C=C(\C=N/C)c1cccc(-c2ncc(-c3cnn(C)c3)c(NC3CC(C)C3)n2)c1. The number of hydrogen-bond donors (Lipinski definition) is 1. The first kappa shape index (κ1) is 20.0. The number of aromatic nitrogens is 4. The monoisotopic (exact) mass is 400 g/mol. The largest absolute Gasteiger partial charge is 0.367 e. The van der Waals surface area contributed by atoms with E-state index in [2.05, 4.69) is 40.5 Å². The minimum absolute atomic E-state index is 0.458. The molecule has 2 heterocycles. The first-order valence-corrected chi connectivity index (χ1v) is 10.4. The molecule has 30 heavy (non-hydrogen) atoms. The van der Waals surface area contributed by atoms with E-state index in [0.717, 1.165) is 39.6 Å². The minimum Gasteiger partial charge on any atom is -0.367 e. The van der Waals surface area contributed by atoms with Gasteiger partial charge in [-0.3, -0.25) is 9.67 Å². The Balaban J connectivity index is 1.72. The van der Waals surface area contributed by atoms with Crippen molar-refractivity contribution in [1.82, 2.24) is 19.7 Å². The predicted octanol–water partition coefficient (Wildman–Crippen LogP) is 4.86. The van der Waals surface area contributed by atoms with E-state index in [1.54, 1.807) is 11.7 Å². The van der Waals surface area contributed by atoms with Crippen molar-refractivity contribution in [3.05, 3.63) is 54.5 Å².